The summed E-state index contributed by atoms with van der Waals surface area (Å²) in [6.45, 7) is 2.15. The van der Waals surface area contributed by atoms with Crippen LogP contribution >= 0.6 is 0 Å². The summed E-state index contributed by atoms with van der Waals surface area (Å²) in [5.74, 6) is -3.00. The first-order valence-electron chi connectivity index (χ1n) is 7.61. The molecule has 0 amide bonds. The number of hydrogen-bond acceptors (Lipinski definition) is 6. The fourth-order valence-corrected chi connectivity index (χ4v) is 2.62. The van der Waals surface area contributed by atoms with E-state index in [1.54, 1.807) is 0 Å². The summed E-state index contributed by atoms with van der Waals surface area (Å²) in [6.07, 6.45) is 7.21. The van der Waals surface area contributed by atoms with E-state index in [4.69, 9.17) is 9.29 Å². The average Bonchev–Trinajstić information content (AvgIpc) is 2.41. The molecule has 0 saturated carbocycles. The zero-order chi connectivity index (χ0) is 17.0. The maximum Gasteiger partial charge on any atom is 1.00 e. The monoisotopic (exact) mass is 360 g/mol. The summed E-state index contributed by atoms with van der Waals surface area (Å²) in [5.41, 5.74) is 0. The standard InChI is InChI=1S/C14H26O7S.Na/c1-2-3-4-5-6-7-8-9-10-21-14(17)12(11-13(15)16)22(18,19)20;/h12H,2-11H2,1H3,(H,15,16)(H,18,19,20);/q;+1/p-1. The Hall–Kier alpha value is -0.150. The van der Waals surface area contributed by atoms with E-state index in [1.165, 1.54) is 25.7 Å². The van der Waals surface area contributed by atoms with E-state index in [0.29, 0.717) is 6.42 Å². The zero-order valence-corrected chi connectivity index (χ0v) is 16.8. The Bertz CT molecular complexity index is 436. The second-order valence-corrected chi connectivity index (χ2v) is 6.82. The summed E-state index contributed by atoms with van der Waals surface area (Å²) in [7, 11) is -4.81. The molecule has 0 aromatic rings. The summed E-state index contributed by atoms with van der Waals surface area (Å²) < 4.78 is 35.4. The Labute approximate surface area is 160 Å². The van der Waals surface area contributed by atoms with Crippen LogP contribution in [0.1, 0.15) is 64.7 Å². The molecule has 1 unspecified atom stereocenters. The normalized spacial score (nSPS) is 12.3. The van der Waals surface area contributed by atoms with Gasteiger partial charge in [0, 0.05) is 12.4 Å². The molecule has 0 saturated heterocycles. The molecule has 130 valence electrons. The van der Waals surface area contributed by atoms with E-state index in [2.05, 4.69) is 6.92 Å². The summed E-state index contributed by atoms with van der Waals surface area (Å²) >= 11 is 0. The van der Waals surface area contributed by atoms with Crippen molar-refractivity contribution in [3.63, 3.8) is 0 Å². The molecule has 0 rings (SSSR count). The maximum atomic E-state index is 11.5. The van der Waals surface area contributed by atoms with E-state index in [-0.39, 0.29) is 36.2 Å². The number of carbonyl (C=O) groups excluding carboxylic acids is 2. The quantitative estimate of drug-likeness (QED) is 0.176. The third kappa shape index (κ3) is 13.9. The summed E-state index contributed by atoms with van der Waals surface area (Å²) in [6, 6.07) is 0. The summed E-state index contributed by atoms with van der Waals surface area (Å²) in [4.78, 5) is 21.9. The molecule has 0 aliphatic heterocycles. The molecule has 0 radical (unpaired) electrons. The van der Waals surface area contributed by atoms with Crippen molar-refractivity contribution in [2.24, 2.45) is 0 Å². The van der Waals surface area contributed by atoms with Crippen LogP contribution in [-0.2, 0) is 24.4 Å². The minimum absolute atomic E-state index is 0. The second-order valence-electron chi connectivity index (χ2n) is 5.22. The van der Waals surface area contributed by atoms with Gasteiger partial charge in [-0.15, -0.1) is 0 Å². The predicted octanol–water partition coefficient (Wildman–Crippen LogP) is -1.93. The molecule has 0 aromatic carbocycles. The molecule has 1 atom stereocenters. The van der Waals surface area contributed by atoms with Crippen LogP contribution in [0.3, 0.4) is 0 Å². The number of aliphatic carboxylic acids is 1. The Balaban J connectivity index is 0. The van der Waals surface area contributed by atoms with Crippen LogP contribution in [0.15, 0.2) is 0 Å². The molecule has 1 N–H and O–H groups in total. The molecule has 0 fully saturated rings. The van der Waals surface area contributed by atoms with Gasteiger partial charge in [-0.1, -0.05) is 51.9 Å². The topological polar surface area (TPSA) is 121 Å². The van der Waals surface area contributed by atoms with E-state index in [0.717, 1.165) is 19.3 Å². The van der Waals surface area contributed by atoms with Gasteiger partial charge in [0.25, 0.3) is 10.1 Å². The van der Waals surface area contributed by atoms with Crippen LogP contribution in [0.4, 0.5) is 0 Å². The maximum absolute atomic E-state index is 11.5. The number of esters is 1. The number of unbranched alkanes of at least 4 members (excludes halogenated alkanes) is 7. The number of rotatable bonds is 13. The van der Waals surface area contributed by atoms with Crippen molar-refractivity contribution in [2.75, 3.05) is 6.61 Å². The van der Waals surface area contributed by atoms with Crippen LogP contribution in [0, 0.1) is 0 Å². The Morgan fingerprint density at radius 1 is 1.04 bits per heavy atom. The van der Waals surface area contributed by atoms with Gasteiger partial charge < -0.3 is 14.6 Å². The van der Waals surface area contributed by atoms with Crippen molar-refractivity contribution in [3.8, 4) is 0 Å². The Kier molecular flexibility index (Phi) is 15.5. The van der Waals surface area contributed by atoms with Crippen LogP contribution in [0.25, 0.3) is 0 Å². The molecule has 0 bridgehead atoms. The van der Waals surface area contributed by atoms with Gasteiger partial charge in [0.2, 0.25) is 0 Å². The molecule has 7 nitrogen and oxygen atoms in total. The van der Waals surface area contributed by atoms with E-state index in [9.17, 15) is 23.1 Å². The van der Waals surface area contributed by atoms with Gasteiger partial charge in [-0.25, -0.2) is 0 Å². The van der Waals surface area contributed by atoms with Gasteiger partial charge in [0.15, 0.2) is 5.25 Å². The average molecular weight is 360 g/mol. The van der Waals surface area contributed by atoms with E-state index in [1.807, 2.05) is 0 Å². The van der Waals surface area contributed by atoms with Crippen LogP contribution in [0.2, 0.25) is 0 Å². The van der Waals surface area contributed by atoms with Crippen molar-refractivity contribution in [1.29, 1.82) is 0 Å². The molecule has 0 spiro atoms. The number of carbonyl (C=O) groups is 2. The van der Waals surface area contributed by atoms with Crippen molar-refractivity contribution in [2.45, 2.75) is 70.0 Å². The number of carboxylic acids is 1. The van der Waals surface area contributed by atoms with E-state index >= 15 is 0 Å². The number of carboxylic acid groups (broad SMARTS) is 1. The van der Waals surface area contributed by atoms with Gasteiger partial charge >= 0.3 is 35.5 Å². The van der Waals surface area contributed by atoms with Gasteiger partial charge in [-0.05, 0) is 6.42 Å². The molecule has 23 heavy (non-hydrogen) atoms. The van der Waals surface area contributed by atoms with Crippen molar-refractivity contribution < 1.29 is 62.0 Å². The Morgan fingerprint density at radius 2 is 1.52 bits per heavy atom. The van der Waals surface area contributed by atoms with Crippen molar-refractivity contribution in [1.82, 2.24) is 0 Å². The molecule has 0 heterocycles. The van der Waals surface area contributed by atoms with Gasteiger partial charge in [0.1, 0.15) is 0 Å². The van der Waals surface area contributed by atoms with Crippen molar-refractivity contribution in [3.05, 3.63) is 0 Å². The van der Waals surface area contributed by atoms with E-state index < -0.39 is 33.7 Å². The van der Waals surface area contributed by atoms with Crippen LogP contribution < -0.4 is 34.7 Å². The fourth-order valence-electron chi connectivity index (χ4n) is 1.96. The Morgan fingerprint density at radius 3 is 1.96 bits per heavy atom. The molecule has 0 aliphatic rings. The number of hydrogen-bond donors (Lipinski definition) is 1. The van der Waals surface area contributed by atoms with Gasteiger partial charge in [-0.3, -0.25) is 9.35 Å². The molecule has 0 aliphatic carbocycles. The first kappa shape index (κ1) is 25.1. The molecular formula is C14H25NaO7S. The third-order valence-corrected chi connectivity index (χ3v) is 4.29. The third-order valence-electron chi connectivity index (χ3n) is 3.22. The van der Waals surface area contributed by atoms with Crippen molar-refractivity contribution >= 4 is 22.1 Å². The summed E-state index contributed by atoms with van der Waals surface area (Å²) in [5, 5.41) is 8.27. The van der Waals surface area contributed by atoms with Gasteiger partial charge in [-0.2, -0.15) is 8.42 Å². The SMILES string of the molecule is CCCCCCCCCCOC(=O)C(CC(=O)[O-])S(=O)(=O)O.[Na+]. The molecule has 0 aromatic heterocycles. The predicted molar refractivity (Wildman–Crippen MR) is 78.5 cm³/mol. The molecular weight excluding hydrogens is 335 g/mol. The van der Waals surface area contributed by atoms with Crippen LogP contribution in [-0.4, -0.2) is 36.8 Å². The minimum atomic E-state index is -4.81. The smallest absolute Gasteiger partial charge is 0.550 e. The largest absolute Gasteiger partial charge is 1.00 e. The fraction of sp³-hybridized carbons (Fsp3) is 0.857. The zero-order valence-electron chi connectivity index (χ0n) is 14.0. The molecule has 9 heteroatoms. The first-order valence-corrected chi connectivity index (χ1v) is 9.12. The van der Waals surface area contributed by atoms with Gasteiger partial charge in [0.05, 0.1) is 6.61 Å². The number of ether oxygens (including phenoxy) is 1. The first-order chi connectivity index (χ1) is 10.3. The second kappa shape index (κ2) is 14.2. The van der Waals surface area contributed by atoms with Crippen LogP contribution in [0.5, 0.6) is 0 Å². The minimum Gasteiger partial charge on any atom is -0.550 e.